The predicted molar refractivity (Wildman–Crippen MR) is 59.6 cm³/mol. The number of hydrogen-bond acceptors (Lipinski definition) is 3. The van der Waals surface area contributed by atoms with Crippen LogP contribution >= 0.6 is 31.9 Å². The molecule has 1 heterocycles. The number of nitrogens with two attached hydrogens (primary N) is 1. The highest BCUT2D eigenvalue weighted by atomic mass is 79.9. The van der Waals surface area contributed by atoms with Crippen LogP contribution in [-0.2, 0) is 11.3 Å². The van der Waals surface area contributed by atoms with Crippen LogP contribution in [0.2, 0.25) is 0 Å². The van der Waals surface area contributed by atoms with Gasteiger partial charge in [-0.1, -0.05) is 0 Å². The number of primary amides is 1. The second-order valence-electron chi connectivity index (χ2n) is 2.84. The lowest BCUT2D eigenvalue weighted by molar-refractivity contribution is -0.119. The van der Waals surface area contributed by atoms with Gasteiger partial charge in [-0.15, -0.1) is 0 Å². The van der Waals surface area contributed by atoms with Gasteiger partial charge in [-0.25, -0.2) is 0 Å². The van der Waals surface area contributed by atoms with Gasteiger partial charge in [-0.3, -0.25) is 10.1 Å². The van der Waals surface area contributed by atoms with Gasteiger partial charge < -0.3 is 10.2 Å². The molecule has 0 aliphatic rings. The van der Waals surface area contributed by atoms with Crippen molar-refractivity contribution < 1.29 is 9.21 Å². The fourth-order valence-electron chi connectivity index (χ4n) is 0.833. The third-order valence-electron chi connectivity index (χ3n) is 1.71. The largest absolute Gasteiger partial charge is 0.452 e. The first-order valence-corrected chi connectivity index (χ1v) is 5.55. The summed E-state index contributed by atoms with van der Waals surface area (Å²) in [6.07, 6.45) is 0. The lowest BCUT2D eigenvalue weighted by atomic mass is 10.3. The summed E-state index contributed by atoms with van der Waals surface area (Å²) in [7, 11) is 0. The van der Waals surface area contributed by atoms with Crippen LogP contribution in [0.3, 0.4) is 0 Å². The third kappa shape index (κ3) is 3.11. The third-order valence-corrected chi connectivity index (χ3v) is 3.42. The summed E-state index contributed by atoms with van der Waals surface area (Å²) in [5, 5.41) is 2.93. The number of nitrogens with one attached hydrogen (secondary N) is 1. The Morgan fingerprint density at radius 2 is 2.36 bits per heavy atom. The first-order chi connectivity index (χ1) is 6.50. The second kappa shape index (κ2) is 4.95. The summed E-state index contributed by atoms with van der Waals surface area (Å²) < 4.78 is 6.79. The summed E-state index contributed by atoms with van der Waals surface area (Å²) in [5.74, 6) is 0.353. The fraction of sp³-hybridized carbons (Fsp3) is 0.375. The Morgan fingerprint density at radius 3 is 2.79 bits per heavy atom. The Bertz CT molecular complexity index is 319. The quantitative estimate of drug-likeness (QED) is 0.886. The number of carbonyl (C=O) groups excluding carboxylic acids is 1. The van der Waals surface area contributed by atoms with E-state index in [4.69, 9.17) is 10.2 Å². The van der Waals surface area contributed by atoms with E-state index >= 15 is 0 Å². The lowest BCUT2D eigenvalue weighted by Gasteiger charge is -2.07. The number of carbonyl (C=O) groups is 1. The first kappa shape index (κ1) is 11.7. The molecule has 0 saturated carbocycles. The van der Waals surface area contributed by atoms with Crippen molar-refractivity contribution >= 4 is 37.8 Å². The Kier molecular flexibility index (Phi) is 4.15. The van der Waals surface area contributed by atoms with E-state index in [1.165, 1.54) is 0 Å². The van der Waals surface area contributed by atoms with Gasteiger partial charge in [0.1, 0.15) is 5.76 Å². The molecule has 3 N–H and O–H groups in total. The maximum absolute atomic E-state index is 10.7. The molecule has 1 rings (SSSR count). The van der Waals surface area contributed by atoms with Crippen LogP contribution in [0.15, 0.2) is 19.6 Å². The number of rotatable bonds is 4. The molecule has 0 aliphatic carbocycles. The van der Waals surface area contributed by atoms with Gasteiger partial charge in [0.2, 0.25) is 5.91 Å². The normalized spacial score (nSPS) is 12.8. The molecule has 0 radical (unpaired) electrons. The Hall–Kier alpha value is -0.330. The van der Waals surface area contributed by atoms with Gasteiger partial charge in [0.05, 0.1) is 17.1 Å². The highest BCUT2D eigenvalue weighted by Gasteiger charge is 2.10. The van der Waals surface area contributed by atoms with E-state index in [1.54, 1.807) is 6.92 Å². The zero-order valence-corrected chi connectivity index (χ0v) is 10.7. The number of amides is 1. The van der Waals surface area contributed by atoms with Crippen LogP contribution in [0, 0.1) is 0 Å². The standard InChI is InChI=1S/C8H10Br2N2O2/c1-4(8(11)13)12-3-5-2-6(9)7(10)14-5/h2,4,12H,3H2,1H3,(H2,11,13). The van der Waals surface area contributed by atoms with Gasteiger partial charge in [0, 0.05) is 0 Å². The van der Waals surface area contributed by atoms with E-state index in [-0.39, 0.29) is 11.9 Å². The van der Waals surface area contributed by atoms with E-state index in [0.29, 0.717) is 11.2 Å². The first-order valence-electron chi connectivity index (χ1n) is 3.97. The van der Waals surface area contributed by atoms with Crippen molar-refractivity contribution in [2.45, 2.75) is 19.5 Å². The molecule has 14 heavy (non-hydrogen) atoms. The molecule has 0 aromatic carbocycles. The molecule has 0 bridgehead atoms. The number of halogens is 2. The van der Waals surface area contributed by atoms with E-state index < -0.39 is 0 Å². The molecule has 1 aromatic heterocycles. The van der Waals surface area contributed by atoms with Crippen LogP contribution in [0.5, 0.6) is 0 Å². The van der Waals surface area contributed by atoms with Gasteiger partial charge >= 0.3 is 0 Å². The molecule has 0 fully saturated rings. The van der Waals surface area contributed by atoms with Crippen LogP contribution in [0.1, 0.15) is 12.7 Å². The van der Waals surface area contributed by atoms with Crippen LogP contribution < -0.4 is 11.1 Å². The predicted octanol–water partition coefficient (Wildman–Crippen LogP) is 1.77. The van der Waals surface area contributed by atoms with Crippen molar-refractivity contribution in [3.8, 4) is 0 Å². The summed E-state index contributed by atoms with van der Waals surface area (Å²) in [6.45, 7) is 2.17. The SMILES string of the molecule is CC(NCc1cc(Br)c(Br)o1)C(N)=O. The summed E-state index contributed by atoms with van der Waals surface area (Å²) in [6, 6.07) is 1.46. The molecule has 0 spiro atoms. The molecular formula is C8H10Br2N2O2. The second-order valence-corrected chi connectivity index (χ2v) is 4.41. The fourth-order valence-corrected chi connectivity index (χ4v) is 1.49. The van der Waals surface area contributed by atoms with E-state index in [0.717, 1.165) is 10.2 Å². The topological polar surface area (TPSA) is 68.3 Å². The zero-order valence-electron chi connectivity index (χ0n) is 7.51. The molecule has 6 heteroatoms. The molecule has 78 valence electrons. The highest BCUT2D eigenvalue weighted by Crippen LogP contribution is 2.26. The van der Waals surface area contributed by atoms with E-state index in [9.17, 15) is 4.79 Å². The van der Waals surface area contributed by atoms with Crippen LogP contribution in [0.25, 0.3) is 0 Å². The Labute approximate surface area is 98.5 Å². The van der Waals surface area contributed by atoms with Gasteiger partial charge in [0.25, 0.3) is 0 Å². The van der Waals surface area contributed by atoms with Crippen molar-refractivity contribution in [3.05, 3.63) is 21.0 Å². The van der Waals surface area contributed by atoms with Crippen molar-refractivity contribution in [2.24, 2.45) is 5.73 Å². The van der Waals surface area contributed by atoms with Crippen molar-refractivity contribution in [1.82, 2.24) is 5.32 Å². The van der Waals surface area contributed by atoms with E-state index in [2.05, 4.69) is 37.2 Å². The summed E-state index contributed by atoms with van der Waals surface area (Å²) >= 11 is 6.51. The Morgan fingerprint density at radius 1 is 1.71 bits per heavy atom. The minimum Gasteiger partial charge on any atom is -0.452 e. The molecule has 0 aliphatic heterocycles. The monoisotopic (exact) mass is 324 g/mol. The van der Waals surface area contributed by atoms with Gasteiger partial charge in [-0.05, 0) is 44.8 Å². The minimum absolute atomic E-state index is 0.363. The highest BCUT2D eigenvalue weighted by molar-refractivity contribution is 9.13. The maximum atomic E-state index is 10.7. The van der Waals surface area contributed by atoms with Crippen molar-refractivity contribution in [2.75, 3.05) is 0 Å². The number of furan rings is 1. The molecule has 1 unspecified atom stereocenters. The van der Waals surface area contributed by atoms with Gasteiger partial charge in [0.15, 0.2) is 4.67 Å². The summed E-state index contributed by atoms with van der Waals surface area (Å²) in [4.78, 5) is 10.7. The average Bonchev–Trinajstić information content (AvgIpc) is 2.42. The molecule has 1 amide bonds. The van der Waals surface area contributed by atoms with Crippen LogP contribution in [0.4, 0.5) is 0 Å². The Balaban J connectivity index is 2.50. The molecule has 4 nitrogen and oxygen atoms in total. The zero-order chi connectivity index (χ0) is 10.7. The summed E-state index contributed by atoms with van der Waals surface area (Å²) in [5.41, 5.74) is 5.08. The number of hydrogen-bond donors (Lipinski definition) is 2. The smallest absolute Gasteiger partial charge is 0.234 e. The molecule has 0 saturated heterocycles. The van der Waals surface area contributed by atoms with Gasteiger partial charge in [-0.2, -0.15) is 0 Å². The van der Waals surface area contributed by atoms with Crippen molar-refractivity contribution in [1.29, 1.82) is 0 Å². The minimum atomic E-state index is -0.380. The lowest BCUT2D eigenvalue weighted by Crippen LogP contribution is -2.38. The maximum Gasteiger partial charge on any atom is 0.234 e. The van der Waals surface area contributed by atoms with Crippen molar-refractivity contribution in [3.63, 3.8) is 0 Å². The molecular weight excluding hydrogens is 316 g/mol. The molecule has 1 atom stereocenters. The molecule has 1 aromatic rings. The van der Waals surface area contributed by atoms with E-state index in [1.807, 2.05) is 6.07 Å². The van der Waals surface area contributed by atoms with Crippen LogP contribution in [-0.4, -0.2) is 11.9 Å². The average molecular weight is 326 g/mol.